The predicted molar refractivity (Wildman–Crippen MR) is 144 cm³/mol. The summed E-state index contributed by atoms with van der Waals surface area (Å²) in [6, 6.07) is 40.4. The molecule has 0 fully saturated rings. The Labute approximate surface area is 202 Å². The monoisotopic (exact) mass is 450 g/mol. The lowest BCUT2D eigenvalue weighted by molar-refractivity contribution is 0.620. The molecule has 0 saturated carbocycles. The van der Waals surface area contributed by atoms with E-state index in [9.17, 15) is 0 Å². The SMILES string of the molecule is Cc1ccc2c(c1)c1ccccc1n2-c1ccc(-c2ccc(-c3nc4ccccc4o3)cc2)cc1. The number of hydrogen-bond donors (Lipinski definition) is 0. The smallest absolute Gasteiger partial charge is 0.227 e. The van der Waals surface area contributed by atoms with Crippen LogP contribution in [-0.2, 0) is 0 Å². The van der Waals surface area contributed by atoms with Crippen molar-refractivity contribution in [3.63, 3.8) is 0 Å². The lowest BCUT2D eigenvalue weighted by atomic mass is 10.0. The number of aromatic nitrogens is 2. The summed E-state index contributed by atoms with van der Waals surface area (Å²) in [5.41, 5.74) is 9.88. The number of rotatable bonds is 3. The molecule has 0 N–H and O–H groups in total. The second-order valence-electron chi connectivity index (χ2n) is 8.98. The van der Waals surface area contributed by atoms with Crippen LogP contribution in [-0.4, -0.2) is 9.55 Å². The highest BCUT2D eigenvalue weighted by atomic mass is 16.3. The molecular formula is C32H22N2O. The average Bonchev–Trinajstić information content (AvgIpc) is 3.48. The quantitative estimate of drug-likeness (QED) is 0.270. The van der Waals surface area contributed by atoms with Crippen molar-refractivity contribution >= 4 is 32.9 Å². The molecule has 0 saturated heterocycles. The number of fused-ring (bicyclic) bond motifs is 4. The van der Waals surface area contributed by atoms with E-state index in [1.165, 1.54) is 32.9 Å². The third kappa shape index (κ3) is 3.24. The molecule has 0 aliphatic carbocycles. The fourth-order valence-electron chi connectivity index (χ4n) is 4.97. The summed E-state index contributed by atoms with van der Waals surface area (Å²) >= 11 is 0. The Hall–Kier alpha value is -4.63. The van der Waals surface area contributed by atoms with E-state index in [1.807, 2.05) is 24.3 Å². The maximum absolute atomic E-state index is 5.92. The number of oxazole rings is 1. The van der Waals surface area contributed by atoms with Crippen LogP contribution in [0.2, 0.25) is 0 Å². The highest BCUT2D eigenvalue weighted by molar-refractivity contribution is 6.09. The molecule has 0 aliphatic rings. The van der Waals surface area contributed by atoms with Gasteiger partial charge in [-0.3, -0.25) is 0 Å². The van der Waals surface area contributed by atoms with Crippen molar-refractivity contribution < 1.29 is 4.42 Å². The molecule has 0 radical (unpaired) electrons. The van der Waals surface area contributed by atoms with Gasteiger partial charge in [0.1, 0.15) is 5.52 Å². The van der Waals surface area contributed by atoms with Crippen LogP contribution in [0.1, 0.15) is 5.56 Å². The second kappa shape index (κ2) is 7.71. The maximum Gasteiger partial charge on any atom is 0.227 e. The first-order valence-corrected chi connectivity index (χ1v) is 11.8. The highest BCUT2D eigenvalue weighted by Gasteiger charge is 2.12. The van der Waals surface area contributed by atoms with Crippen LogP contribution in [0.3, 0.4) is 0 Å². The molecule has 0 bridgehead atoms. The van der Waals surface area contributed by atoms with E-state index in [0.29, 0.717) is 5.89 Å². The van der Waals surface area contributed by atoms with Crippen LogP contribution in [0.25, 0.3) is 61.2 Å². The van der Waals surface area contributed by atoms with Gasteiger partial charge in [0.2, 0.25) is 5.89 Å². The molecule has 166 valence electrons. The van der Waals surface area contributed by atoms with Gasteiger partial charge in [0.25, 0.3) is 0 Å². The molecular weight excluding hydrogens is 428 g/mol. The van der Waals surface area contributed by atoms with Crippen molar-refractivity contribution in [2.45, 2.75) is 6.92 Å². The summed E-state index contributed by atoms with van der Waals surface area (Å²) in [5.74, 6) is 0.648. The van der Waals surface area contributed by atoms with E-state index in [4.69, 9.17) is 4.42 Å². The van der Waals surface area contributed by atoms with Gasteiger partial charge in [-0.15, -0.1) is 0 Å². The summed E-state index contributed by atoms with van der Waals surface area (Å²) < 4.78 is 8.27. The first-order chi connectivity index (χ1) is 17.2. The van der Waals surface area contributed by atoms with Gasteiger partial charge in [-0.25, -0.2) is 4.98 Å². The zero-order valence-corrected chi connectivity index (χ0v) is 19.3. The fraction of sp³-hybridized carbons (Fsp3) is 0.0312. The third-order valence-corrected chi connectivity index (χ3v) is 6.71. The van der Waals surface area contributed by atoms with Gasteiger partial charge < -0.3 is 8.98 Å². The predicted octanol–water partition coefficient (Wildman–Crippen LogP) is 8.57. The molecule has 0 unspecified atom stereocenters. The number of hydrogen-bond acceptors (Lipinski definition) is 2. The minimum absolute atomic E-state index is 0.648. The molecule has 7 rings (SSSR count). The molecule has 5 aromatic carbocycles. The molecule has 3 heteroatoms. The maximum atomic E-state index is 5.92. The molecule has 0 amide bonds. The van der Waals surface area contributed by atoms with Crippen LogP contribution >= 0.6 is 0 Å². The Bertz CT molecular complexity index is 1800. The van der Waals surface area contributed by atoms with Crippen LogP contribution in [0.5, 0.6) is 0 Å². The number of para-hydroxylation sites is 3. The minimum atomic E-state index is 0.648. The first kappa shape index (κ1) is 19.8. The van der Waals surface area contributed by atoms with Crippen molar-refractivity contribution in [3.05, 3.63) is 121 Å². The lowest BCUT2D eigenvalue weighted by Crippen LogP contribution is -1.93. The van der Waals surface area contributed by atoms with Gasteiger partial charge in [-0.05, 0) is 72.6 Å². The van der Waals surface area contributed by atoms with Gasteiger partial charge in [0.05, 0.1) is 11.0 Å². The molecule has 7 aromatic rings. The number of aryl methyl sites for hydroxylation is 1. The van der Waals surface area contributed by atoms with Crippen molar-refractivity contribution in [1.29, 1.82) is 0 Å². The van der Waals surface area contributed by atoms with E-state index in [1.54, 1.807) is 0 Å². The largest absolute Gasteiger partial charge is 0.436 e. The third-order valence-electron chi connectivity index (χ3n) is 6.71. The summed E-state index contributed by atoms with van der Waals surface area (Å²) in [7, 11) is 0. The van der Waals surface area contributed by atoms with Crippen molar-refractivity contribution in [2.24, 2.45) is 0 Å². The van der Waals surface area contributed by atoms with Gasteiger partial charge in [0, 0.05) is 22.0 Å². The van der Waals surface area contributed by atoms with E-state index >= 15 is 0 Å². The Kier molecular flexibility index (Phi) is 4.36. The zero-order valence-electron chi connectivity index (χ0n) is 19.3. The molecule has 2 heterocycles. The first-order valence-electron chi connectivity index (χ1n) is 11.8. The Morgan fingerprint density at radius 3 is 2.06 bits per heavy atom. The van der Waals surface area contributed by atoms with E-state index in [2.05, 4.69) is 107 Å². The highest BCUT2D eigenvalue weighted by Crippen LogP contribution is 2.33. The Morgan fingerprint density at radius 1 is 0.600 bits per heavy atom. The molecule has 0 atom stereocenters. The Balaban J connectivity index is 1.25. The van der Waals surface area contributed by atoms with E-state index in [-0.39, 0.29) is 0 Å². The van der Waals surface area contributed by atoms with E-state index < -0.39 is 0 Å². The standard InChI is InChI=1S/C32H22N2O/c1-21-10-19-30-27(20-21)26-6-2-4-8-29(26)34(30)25-17-15-23(16-18-25)22-11-13-24(14-12-22)32-33-28-7-3-5-9-31(28)35-32/h2-20H,1H3. The van der Waals surface area contributed by atoms with E-state index in [0.717, 1.165) is 27.9 Å². The molecule has 35 heavy (non-hydrogen) atoms. The fourth-order valence-corrected chi connectivity index (χ4v) is 4.97. The van der Waals surface area contributed by atoms with Gasteiger partial charge in [-0.1, -0.05) is 66.2 Å². The summed E-state index contributed by atoms with van der Waals surface area (Å²) in [5, 5.41) is 2.57. The van der Waals surface area contributed by atoms with Crippen LogP contribution in [0, 0.1) is 6.92 Å². The normalized spacial score (nSPS) is 11.6. The minimum Gasteiger partial charge on any atom is -0.436 e. The van der Waals surface area contributed by atoms with Crippen molar-refractivity contribution in [1.82, 2.24) is 9.55 Å². The summed E-state index contributed by atoms with van der Waals surface area (Å²) in [6.45, 7) is 2.15. The topological polar surface area (TPSA) is 31.0 Å². The lowest BCUT2D eigenvalue weighted by Gasteiger charge is -2.10. The second-order valence-corrected chi connectivity index (χ2v) is 8.98. The van der Waals surface area contributed by atoms with Crippen molar-refractivity contribution in [2.75, 3.05) is 0 Å². The zero-order chi connectivity index (χ0) is 23.4. The van der Waals surface area contributed by atoms with Crippen LogP contribution in [0.15, 0.2) is 120 Å². The van der Waals surface area contributed by atoms with Crippen molar-refractivity contribution in [3.8, 4) is 28.3 Å². The molecule has 3 nitrogen and oxygen atoms in total. The molecule has 2 aromatic heterocycles. The number of nitrogens with zero attached hydrogens (tertiary/aromatic N) is 2. The van der Waals surface area contributed by atoms with Gasteiger partial charge >= 0.3 is 0 Å². The van der Waals surface area contributed by atoms with Crippen LogP contribution < -0.4 is 0 Å². The van der Waals surface area contributed by atoms with Crippen LogP contribution in [0.4, 0.5) is 0 Å². The summed E-state index contributed by atoms with van der Waals surface area (Å²) in [4.78, 5) is 4.61. The Morgan fingerprint density at radius 2 is 1.26 bits per heavy atom. The summed E-state index contributed by atoms with van der Waals surface area (Å²) in [6.07, 6.45) is 0. The number of benzene rings is 5. The average molecular weight is 451 g/mol. The van der Waals surface area contributed by atoms with Gasteiger partial charge in [-0.2, -0.15) is 0 Å². The molecule has 0 spiro atoms. The molecule has 0 aliphatic heterocycles. The van der Waals surface area contributed by atoms with Gasteiger partial charge in [0.15, 0.2) is 5.58 Å².